The molecule has 0 N–H and O–H groups in total. The van der Waals surface area contributed by atoms with Crippen LogP contribution in [0.2, 0.25) is 0 Å². The average molecular weight is 1030 g/mol. The third-order valence-corrected chi connectivity index (χ3v) is 18.3. The number of hydrogen-bond acceptors (Lipinski definition) is 3. The van der Waals surface area contributed by atoms with Crippen LogP contribution in [-0.2, 0) is 18.3 Å². The molecular formula is C77H56BN3. The second-order valence-corrected chi connectivity index (χ2v) is 22.6. The number of anilines is 8. The number of benzene rings is 12. The van der Waals surface area contributed by atoms with Gasteiger partial charge < -0.3 is 14.7 Å². The molecule has 4 heteroatoms. The van der Waals surface area contributed by atoms with Gasteiger partial charge in [-0.1, -0.05) is 243 Å². The molecule has 16 rings (SSSR count). The fourth-order valence-corrected chi connectivity index (χ4v) is 14.8. The Balaban J connectivity index is 1.03. The van der Waals surface area contributed by atoms with E-state index in [0.717, 1.165) is 29.9 Å². The zero-order valence-corrected chi connectivity index (χ0v) is 45.1. The molecule has 0 fully saturated rings. The lowest BCUT2D eigenvalue weighted by molar-refractivity contribution is 0.281. The van der Waals surface area contributed by atoms with Gasteiger partial charge in [0.15, 0.2) is 0 Å². The van der Waals surface area contributed by atoms with Crippen LogP contribution >= 0.6 is 0 Å². The van der Waals surface area contributed by atoms with Gasteiger partial charge in [0.25, 0.3) is 6.71 Å². The second-order valence-electron chi connectivity index (χ2n) is 22.6. The molecule has 0 spiro atoms. The van der Waals surface area contributed by atoms with Gasteiger partial charge in [-0.2, -0.15) is 0 Å². The Hall–Kier alpha value is -9.90. The van der Waals surface area contributed by atoms with Crippen molar-refractivity contribution in [3.63, 3.8) is 0 Å². The molecule has 3 aliphatic heterocycles. The van der Waals surface area contributed by atoms with Crippen LogP contribution in [0.5, 0.6) is 0 Å². The highest BCUT2D eigenvalue weighted by Crippen LogP contribution is 2.63. The largest absolute Gasteiger partial charge is 0.334 e. The van der Waals surface area contributed by atoms with E-state index in [4.69, 9.17) is 0 Å². The van der Waals surface area contributed by atoms with E-state index in [1.165, 1.54) is 112 Å². The van der Waals surface area contributed by atoms with Crippen molar-refractivity contribution in [3.8, 4) is 44.5 Å². The smallest absolute Gasteiger partial charge is 0.252 e. The summed E-state index contributed by atoms with van der Waals surface area (Å²) in [5.74, 6) is 0. The number of rotatable bonds is 8. The molecule has 2 unspecified atom stereocenters. The number of nitrogens with zero attached hydrogens (tertiary/aromatic N) is 3. The van der Waals surface area contributed by atoms with Gasteiger partial charge in [0.05, 0.1) is 5.54 Å². The Bertz CT molecular complexity index is 4190. The van der Waals surface area contributed by atoms with Gasteiger partial charge in [-0.3, -0.25) is 0 Å². The van der Waals surface area contributed by atoms with Gasteiger partial charge in [-0.15, -0.1) is 0 Å². The molecular weight excluding hydrogens is 978 g/mol. The molecule has 12 aromatic carbocycles. The Labute approximate surface area is 475 Å². The van der Waals surface area contributed by atoms with Crippen LogP contribution in [0.3, 0.4) is 0 Å². The Kier molecular flexibility index (Phi) is 10.8. The lowest BCUT2D eigenvalue weighted by Gasteiger charge is -2.53. The van der Waals surface area contributed by atoms with Gasteiger partial charge in [-0.25, -0.2) is 0 Å². The van der Waals surface area contributed by atoms with Crippen molar-refractivity contribution in [1.82, 2.24) is 0 Å². The Morgan fingerprint density at radius 1 is 0.309 bits per heavy atom. The van der Waals surface area contributed by atoms with Gasteiger partial charge in [0.2, 0.25) is 0 Å². The zero-order chi connectivity index (χ0) is 53.7. The maximum absolute atomic E-state index is 2.78. The van der Waals surface area contributed by atoms with Crippen LogP contribution in [0.1, 0.15) is 29.2 Å². The lowest BCUT2D eigenvalue weighted by Crippen LogP contribution is -2.62. The summed E-state index contributed by atoms with van der Waals surface area (Å²) in [5, 5.41) is 0. The van der Waals surface area contributed by atoms with Gasteiger partial charge >= 0.3 is 0 Å². The fraction of sp³-hybridized carbons (Fsp3) is 0.0649. The Morgan fingerprint density at radius 2 is 0.716 bits per heavy atom. The van der Waals surface area contributed by atoms with E-state index in [0.29, 0.717) is 0 Å². The van der Waals surface area contributed by atoms with E-state index in [1.807, 2.05) is 0 Å². The van der Waals surface area contributed by atoms with Crippen LogP contribution in [0, 0.1) is 0 Å². The van der Waals surface area contributed by atoms with Crippen LogP contribution in [-0.4, -0.2) is 12.3 Å². The normalized spacial score (nSPS) is 17.1. The summed E-state index contributed by atoms with van der Waals surface area (Å²) in [4.78, 5) is 8.00. The lowest BCUT2D eigenvalue weighted by atomic mass is 9.33. The predicted octanol–water partition coefficient (Wildman–Crippen LogP) is 17.4. The first-order chi connectivity index (χ1) is 40.0. The van der Waals surface area contributed by atoms with E-state index < -0.39 is 5.54 Å². The molecule has 1 aliphatic carbocycles. The molecule has 2 atom stereocenters. The second kappa shape index (κ2) is 18.6. The highest BCUT2D eigenvalue weighted by Gasteiger charge is 2.62. The first-order valence-electron chi connectivity index (χ1n) is 28.5. The number of para-hydroxylation sites is 1. The van der Waals surface area contributed by atoms with Crippen LogP contribution in [0.4, 0.5) is 45.5 Å². The molecule has 0 radical (unpaired) electrons. The molecule has 0 saturated heterocycles. The van der Waals surface area contributed by atoms with E-state index in [9.17, 15) is 0 Å². The van der Waals surface area contributed by atoms with Crippen molar-refractivity contribution < 1.29 is 0 Å². The maximum atomic E-state index is 2.78. The summed E-state index contributed by atoms with van der Waals surface area (Å²) in [6.45, 7) is 2.46. The quantitative estimate of drug-likeness (QED) is 0.140. The molecule has 3 heterocycles. The van der Waals surface area contributed by atoms with Crippen LogP contribution in [0.25, 0.3) is 44.5 Å². The monoisotopic (exact) mass is 1030 g/mol. The molecule has 0 aromatic heterocycles. The van der Waals surface area contributed by atoms with Crippen molar-refractivity contribution in [1.29, 1.82) is 0 Å². The van der Waals surface area contributed by atoms with Crippen LogP contribution < -0.4 is 31.1 Å². The minimum absolute atomic E-state index is 0.0998. The maximum Gasteiger partial charge on any atom is 0.252 e. The molecule has 0 amide bonds. The molecule has 382 valence electrons. The molecule has 0 saturated carbocycles. The predicted molar refractivity (Wildman–Crippen MR) is 340 cm³/mol. The molecule has 4 aliphatic rings. The Morgan fingerprint density at radius 3 is 1.21 bits per heavy atom. The summed E-state index contributed by atoms with van der Waals surface area (Å²) < 4.78 is 0. The summed E-state index contributed by atoms with van der Waals surface area (Å²) in [7, 11) is 0. The van der Waals surface area contributed by atoms with Crippen molar-refractivity contribution in [2.24, 2.45) is 0 Å². The minimum atomic E-state index is -0.441. The highest BCUT2D eigenvalue weighted by molar-refractivity contribution is 7.00. The van der Waals surface area contributed by atoms with E-state index >= 15 is 0 Å². The van der Waals surface area contributed by atoms with Crippen molar-refractivity contribution >= 4 is 68.6 Å². The summed E-state index contributed by atoms with van der Waals surface area (Å²) in [5.41, 5.74) is 27.4. The van der Waals surface area contributed by atoms with Crippen LogP contribution in [0.15, 0.2) is 297 Å². The van der Waals surface area contributed by atoms with Gasteiger partial charge in [-0.05, 0) is 158 Å². The van der Waals surface area contributed by atoms with Crippen molar-refractivity contribution in [2.75, 3.05) is 14.7 Å². The minimum Gasteiger partial charge on any atom is -0.334 e. The zero-order valence-electron chi connectivity index (χ0n) is 45.1. The van der Waals surface area contributed by atoms with E-state index in [1.54, 1.807) is 0 Å². The molecule has 81 heavy (non-hydrogen) atoms. The van der Waals surface area contributed by atoms with Crippen molar-refractivity contribution in [2.45, 2.75) is 30.7 Å². The third-order valence-electron chi connectivity index (χ3n) is 18.3. The molecule has 0 bridgehead atoms. The van der Waals surface area contributed by atoms with Crippen molar-refractivity contribution in [3.05, 3.63) is 320 Å². The first kappa shape index (κ1) is 47.1. The average Bonchev–Trinajstić information content (AvgIpc) is 1.98. The van der Waals surface area contributed by atoms with Gasteiger partial charge in [0, 0.05) is 50.9 Å². The molecule has 12 aromatic rings. The van der Waals surface area contributed by atoms with E-state index in [-0.39, 0.29) is 12.1 Å². The SMILES string of the molecule is CC12Cc3ccccc3CC1(c1ccccc1)c1ccccc1N2c1cc2c3c(c1)N(c1cccc(-c4ccccc4)c1)c1cc(-c4ccccc4)ccc1B3c1ccc(-c3ccccc3)cc1N2c1cccc(-c2ccccc2)c1. The fourth-order valence-electron chi connectivity index (χ4n) is 14.8. The van der Waals surface area contributed by atoms with E-state index in [2.05, 4.69) is 319 Å². The van der Waals surface area contributed by atoms with Gasteiger partial charge in [0.1, 0.15) is 0 Å². The standard InChI is InChI=1S/C77H56BN3/c1-76-51-61-31-17-18-32-62(61)52-77(76,63-35-15-6-16-36-63)67-39-19-20-40-70(67)81(76)66-49-73-75-74(50-66)80(65-38-22-34-58(46-65)54-25-9-3-10-26-54)72-48-60(56-29-13-5-14-30-56)42-44-69(72)78(75)68-43-41-59(55-27-11-4-12-28-55)47-71(68)79(73)64-37-21-33-57(45-64)53-23-7-2-8-24-53/h2-50H,51-52H2,1H3. The summed E-state index contributed by atoms with van der Waals surface area (Å²) in [6, 6.07) is 112. The molecule has 3 nitrogen and oxygen atoms in total. The first-order valence-corrected chi connectivity index (χ1v) is 28.5. The summed E-state index contributed by atoms with van der Waals surface area (Å²) in [6.07, 6.45) is 1.75. The topological polar surface area (TPSA) is 9.72 Å². The third kappa shape index (κ3) is 7.30. The number of fused-ring (bicyclic) bond motifs is 8. The number of hydrogen-bond donors (Lipinski definition) is 0. The summed E-state index contributed by atoms with van der Waals surface area (Å²) >= 11 is 0. The highest BCUT2D eigenvalue weighted by atomic mass is 15.3.